The van der Waals surface area contributed by atoms with Crippen molar-refractivity contribution in [3.05, 3.63) is 57.9 Å². The van der Waals surface area contributed by atoms with E-state index in [9.17, 15) is 13.2 Å². The van der Waals surface area contributed by atoms with Gasteiger partial charge in [-0.15, -0.1) is 5.10 Å². The number of nitrogens with zero attached hydrogens (tertiary/aromatic N) is 5. The van der Waals surface area contributed by atoms with Crippen molar-refractivity contribution in [3.8, 4) is 0 Å². The van der Waals surface area contributed by atoms with Gasteiger partial charge in [0.1, 0.15) is 0 Å². The number of sulfone groups is 1. The van der Waals surface area contributed by atoms with Crippen molar-refractivity contribution in [2.75, 3.05) is 44.3 Å². The number of benzene rings is 2. The number of aryl methyl sites for hydroxylation is 2. The second kappa shape index (κ2) is 8.14. The highest BCUT2D eigenvalue weighted by molar-refractivity contribution is 7.91. The van der Waals surface area contributed by atoms with Crippen LogP contribution in [0.4, 0.5) is 5.69 Å². The van der Waals surface area contributed by atoms with Crippen LogP contribution in [0.2, 0.25) is 0 Å². The zero-order valence-electron chi connectivity index (χ0n) is 19.6. The summed E-state index contributed by atoms with van der Waals surface area (Å²) in [6.07, 6.45) is 0. The van der Waals surface area contributed by atoms with Crippen LogP contribution in [0.3, 0.4) is 0 Å². The van der Waals surface area contributed by atoms with Gasteiger partial charge in [0.15, 0.2) is 5.65 Å². The Morgan fingerprint density at radius 2 is 1.80 bits per heavy atom. The fourth-order valence-corrected chi connectivity index (χ4v) is 6.44. The predicted molar refractivity (Wildman–Crippen MR) is 131 cm³/mol. The number of fused-ring (bicyclic) bond motifs is 3. The van der Waals surface area contributed by atoms with Crippen molar-refractivity contribution in [1.82, 2.24) is 24.7 Å². The maximum atomic E-state index is 13.5. The summed E-state index contributed by atoms with van der Waals surface area (Å²) in [5.41, 5.74) is 2.74. The molecule has 2 saturated heterocycles. The van der Waals surface area contributed by atoms with E-state index < -0.39 is 9.84 Å². The quantitative estimate of drug-likeness (QED) is 0.455. The number of rotatable bonds is 4. The van der Waals surface area contributed by atoms with E-state index in [1.54, 1.807) is 31.2 Å². The highest BCUT2D eigenvalue weighted by Crippen LogP contribution is 2.28. The molecule has 2 aliphatic rings. The molecular formula is C24H26N6O4S. The van der Waals surface area contributed by atoms with Gasteiger partial charge in [0.05, 0.1) is 35.1 Å². The molecule has 2 aromatic carbocycles. The fourth-order valence-electron chi connectivity index (χ4n) is 4.97. The molecule has 0 amide bonds. The van der Waals surface area contributed by atoms with E-state index in [1.807, 2.05) is 19.1 Å². The minimum atomic E-state index is -3.99. The fraction of sp³-hybridized carbons (Fsp3) is 0.375. The Morgan fingerprint density at radius 3 is 2.49 bits per heavy atom. The first-order chi connectivity index (χ1) is 16.8. The Bertz CT molecular complexity index is 1610. The molecule has 0 aliphatic carbocycles. The molecule has 4 aromatic rings. The van der Waals surface area contributed by atoms with E-state index >= 15 is 0 Å². The van der Waals surface area contributed by atoms with E-state index in [0.29, 0.717) is 22.5 Å². The number of anilines is 1. The van der Waals surface area contributed by atoms with Crippen LogP contribution >= 0.6 is 0 Å². The van der Waals surface area contributed by atoms with Crippen molar-refractivity contribution in [2.45, 2.75) is 29.8 Å². The maximum Gasteiger partial charge on any atom is 0.259 e. The van der Waals surface area contributed by atoms with Crippen molar-refractivity contribution >= 4 is 32.1 Å². The third-order valence-corrected chi connectivity index (χ3v) is 8.84. The van der Waals surface area contributed by atoms with Crippen LogP contribution in [0, 0.1) is 13.8 Å². The molecule has 0 unspecified atom stereocenters. The first kappa shape index (κ1) is 22.2. The van der Waals surface area contributed by atoms with Crippen LogP contribution in [0.25, 0.3) is 16.6 Å². The molecule has 11 heteroatoms. The Kier molecular flexibility index (Phi) is 5.17. The Hall–Kier alpha value is -3.28. The van der Waals surface area contributed by atoms with Gasteiger partial charge >= 0.3 is 0 Å². The number of H-pyrrole nitrogens is 1. The van der Waals surface area contributed by atoms with E-state index in [-0.39, 0.29) is 21.1 Å². The Morgan fingerprint density at radius 1 is 1.03 bits per heavy atom. The number of nitrogens with one attached hydrogen (secondary N) is 1. The molecule has 2 aliphatic heterocycles. The van der Waals surface area contributed by atoms with Crippen LogP contribution in [0.15, 0.2) is 51.1 Å². The molecule has 0 saturated carbocycles. The Balaban J connectivity index is 1.41. The SMILES string of the molecule is Cc1ccc(S(=O)(=O)c2nnn3c2[nH]c(=O)c2ccc(N4CCN(C5COC5)CC4)cc23)c(C)c1. The normalized spacial score (nSPS) is 17.8. The van der Waals surface area contributed by atoms with Gasteiger partial charge in [-0.05, 0) is 43.7 Å². The summed E-state index contributed by atoms with van der Waals surface area (Å²) in [4.78, 5) is 20.5. The lowest BCUT2D eigenvalue weighted by Gasteiger charge is -2.43. The highest BCUT2D eigenvalue weighted by atomic mass is 32.2. The smallest absolute Gasteiger partial charge is 0.259 e. The van der Waals surface area contributed by atoms with Crippen molar-refractivity contribution in [2.24, 2.45) is 0 Å². The Labute approximate surface area is 202 Å². The summed E-state index contributed by atoms with van der Waals surface area (Å²) in [5, 5.41) is 8.32. The van der Waals surface area contributed by atoms with E-state index in [4.69, 9.17) is 4.74 Å². The largest absolute Gasteiger partial charge is 0.378 e. The molecule has 35 heavy (non-hydrogen) atoms. The van der Waals surface area contributed by atoms with Crippen LogP contribution in [-0.4, -0.2) is 78.6 Å². The van der Waals surface area contributed by atoms with Crippen molar-refractivity contribution in [1.29, 1.82) is 0 Å². The number of aromatic nitrogens is 4. The van der Waals surface area contributed by atoms with Crippen LogP contribution in [0.1, 0.15) is 11.1 Å². The number of hydrogen-bond donors (Lipinski definition) is 1. The molecule has 2 fully saturated rings. The average Bonchev–Trinajstić information content (AvgIpc) is 3.23. The van der Waals surface area contributed by atoms with Gasteiger partial charge in [0.25, 0.3) is 5.56 Å². The van der Waals surface area contributed by atoms with Crippen LogP contribution in [-0.2, 0) is 14.6 Å². The average molecular weight is 495 g/mol. The van der Waals surface area contributed by atoms with Gasteiger partial charge in [0, 0.05) is 31.9 Å². The number of aromatic amines is 1. The summed E-state index contributed by atoms with van der Waals surface area (Å²) in [5.74, 6) is 0. The summed E-state index contributed by atoms with van der Waals surface area (Å²) < 4.78 is 33.7. The third-order valence-electron chi connectivity index (χ3n) is 7.02. The minimum absolute atomic E-state index is 0.0643. The summed E-state index contributed by atoms with van der Waals surface area (Å²) >= 11 is 0. The molecule has 6 rings (SSSR count). The number of piperazine rings is 1. The zero-order chi connectivity index (χ0) is 24.3. The topological polar surface area (TPSA) is 113 Å². The molecule has 4 heterocycles. The lowest BCUT2D eigenvalue weighted by Crippen LogP contribution is -2.56. The maximum absolute atomic E-state index is 13.5. The van der Waals surface area contributed by atoms with Gasteiger partial charge in [-0.2, -0.15) is 4.52 Å². The lowest BCUT2D eigenvalue weighted by molar-refractivity contribution is -0.0660. The van der Waals surface area contributed by atoms with Crippen LogP contribution in [0.5, 0.6) is 0 Å². The molecule has 1 N–H and O–H groups in total. The van der Waals surface area contributed by atoms with Gasteiger partial charge in [-0.1, -0.05) is 22.9 Å². The van der Waals surface area contributed by atoms with E-state index in [2.05, 4.69) is 25.1 Å². The molecule has 182 valence electrons. The highest BCUT2D eigenvalue weighted by Gasteiger charge is 2.30. The van der Waals surface area contributed by atoms with Crippen molar-refractivity contribution in [3.63, 3.8) is 0 Å². The lowest BCUT2D eigenvalue weighted by atomic mass is 10.1. The number of ether oxygens (including phenoxy) is 1. The molecule has 0 radical (unpaired) electrons. The standard InChI is InChI=1S/C24H26N6O4S/c1-15-3-6-21(16(2)11-15)35(32,33)24-22-25-23(31)19-5-4-17(12-20(19)30(22)27-26-24)28-7-9-29(10-8-28)18-13-34-14-18/h3-6,11-12,18H,7-10,13-14H2,1-2H3,(H,25,31). The molecule has 0 spiro atoms. The van der Waals surface area contributed by atoms with Crippen LogP contribution < -0.4 is 10.5 Å². The first-order valence-electron chi connectivity index (χ1n) is 11.6. The summed E-state index contributed by atoms with van der Waals surface area (Å²) in [7, 11) is -3.99. The summed E-state index contributed by atoms with van der Waals surface area (Å²) in [6.45, 7) is 8.85. The van der Waals surface area contributed by atoms with Gasteiger partial charge in [-0.3, -0.25) is 9.69 Å². The van der Waals surface area contributed by atoms with Gasteiger partial charge in [0.2, 0.25) is 14.9 Å². The van der Waals surface area contributed by atoms with E-state index in [0.717, 1.165) is 50.6 Å². The molecule has 0 atom stereocenters. The second-order valence-electron chi connectivity index (χ2n) is 9.30. The van der Waals surface area contributed by atoms with Crippen molar-refractivity contribution < 1.29 is 13.2 Å². The van der Waals surface area contributed by atoms with Gasteiger partial charge in [-0.25, -0.2) is 8.42 Å². The monoisotopic (exact) mass is 494 g/mol. The molecule has 10 nitrogen and oxygen atoms in total. The van der Waals surface area contributed by atoms with E-state index in [1.165, 1.54) is 4.52 Å². The molecule has 0 bridgehead atoms. The number of hydrogen-bond acceptors (Lipinski definition) is 8. The molecule has 2 aromatic heterocycles. The molecular weight excluding hydrogens is 468 g/mol. The van der Waals surface area contributed by atoms with Gasteiger partial charge < -0.3 is 14.6 Å². The predicted octanol–water partition coefficient (Wildman–Crippen LogP) is 1.54. The first-order valence-corrected chi connectivity index (χ1v) is 13.1. The minimum Gasteiger partial charge on any atom is -0.378 e. The summed E-state index contributed by atoms with van der Waals surface area (Å²) in [6, 6.07) is 11.2. The zero-order valence-corrected chi connectivity index (χ0v) is 20.4. The third kappa shape index (κ3) is 3.62. The second-order valence-corrected chi connectivity index (χ2v) is 11.1.